The van der Waals surface area contributed by atoms with E-state index < -0.39 is 0 Å². The number of nitrogens with zero attached hydrogens (tertiary/aromatic N) is 2. The van der Waals surface area contributed by atoms with Crippen molar-refractivity contribution in [3.8, 4) is 5.88 Å². The molecule has 1 N–H and O–H groups in total. The van der Waals surface area contributed by atoms with Crippen molar-refractivity contribution >= 4 is 0 Å². The SMILES string of the molecule is Cc1cncc(OOO)n1. The van der Waals surface area contributed by atoms with Gasteiger partial charge < -0.3 is 0 Å². The van der Waals surface area contributed by atoms with Gasteiger partial charge in [0, 0.05) is 6.20 Å². The lowest BCUT2D eigenvalue weighted by molar-refractivity contribution is -0.440. The average molecular weight is 142 g/mol. The third-order valence-corrected chi connectivity index (χ3v) is 0.856. The highest BCUT2D eigenvalue weighted by Crippen LogP contribution is 2.02. The summed E-state index contributed by atoms with van der Waals surface area (Å²) in [4.78, 5) is 11.7. The molecule has 1 aromatic rings. The van der Waals surface area contributed by atoms with Gasteiger partial charge in [-0.05, 0) is 12.0 Å². The Morgan fingerprint density at radius 1 is 1.50 bits per heavy atom. The van der Waals surface area contributed by atoms with Crippen molar-refractivity contribution in [1.82, 2.24) is 9.97 Å². The zero-order valence-electron chi connectivity index (χ0n) is 5.31. The minimum Gasteiger partial charge on any atom is -0.286 e. The molecule has 0 aliphatic carbocycles. The van der Waals surface area contributed by atoms with Crippen LogP contribution in [0.2, 0.25) is 0 Å². The fourth-order valence-electron chi connectivity index (χ4n) is 0.519. The Hall–Kier alpha value is -1.20. The van der Waals surface area contributed by atoms with Gasteiger partial charge in [0.25, 0.3) is 5.88 Å². The lowest BCUT2D eigenvalue weighted by Gasteiger charge is -1.95. The van der Waals surface area contributed by atoms with E-state index in [4.69, 9.17) is 5.26 Å². The predicted molar refractivity (Wildman–Crippen MR) is 31.1 cm³/mol. The molecule has 1 aromatic heterocycles. The minimum absolute atomic E-state index is 0.127. The van der Waals surface area contributed by atoms with E-state index in [1.54, 1.807) is 13.1 Å². The van der Waals surface area contributed by atoms with E-state index in [0.717, 1.165) is 0 Å². The van der Waals surface area contributed by atoms with E-state index in [9.17, 15) is 0 Å². The van der Waals surface area contributed by atoms with E-state index in [0.29, 0.717) is 5.69 Å². The first-order valence-electron chi connectivity index (χ1n) is 2.59. The van der Waals surface area contributed by atoms with Crippen LogP contribution in [0.25, 0.3) is 0 Å². The molecule has 5 heteroatoms. The first kappa shape index (κ1) is 6.91. The van der Waals surface area contributed by atoms with Crippen LogP contribution in [0.3, 0.4) is 0 Å². The lowest BCUT2D eigenvalue weighted by atomic mass is 10.5. The molecule has 0 unspecified atom stereocenters. The summed E-state index contributed by atoms with van der Waals surface area (Å²) in [5.74, 6) is 0.127. The van der Waals surface area contributed by atoms with Crippen LogP contribution >= 0.6 is 0 Å². The summed E-state index contributed by atoms with van der Waals surface area (Å²) in [5, 5.41) is 11.2. The van der Waals surface area contributed by atoms with Gasteiger partial charge in [0.1, 0.15) is 0 Å². The molecule has 0 amide bonds. The molecule has 0 bridgehead atoms. The van der Waals surface area contributed by atoms with E-state index in [1.807, 2.05) is 0 Å². The summed E-state index contributed by atoms with van der Waals surface area (Å²) in [6.45, 7) is 1.75. The van der Waals surface area contributed by atoms with Crippen molar-refractivity contribution in [2.45, 2.75) is 6.92 Å². The molecular formula is C5H6N2O3. The molecule has 10 heavy (non-hydrogen) atoms. The Kier molecular flexibility index (Phi) is 2.14. The fourth-order valence-corrected chi connectivity index (χ4v) is 0.519. The quantitative estimate of drug-likeness (QED) is 0.483. The van der Waals surface area contributed by atoms with Gasteiger partial charge in [-0.15, -0.1) is 0 Å². The van der Waals surface area contributed by atoms with Crippen molar-refractivity contribution in [1.29, 1.82) is 0 Å². The van der Waals surface area contributed by atoms with Crippen molar-refractivity contribution in [3.63, 3.8) is 0 Å². The average Bonchev–Trinajstić information content (AvgIpc) is 1.88. The maximum absolute atomic E-state index is 7.82. The highest BCUT2D eigenvalue weighted by Gasteiger charge is 1.94. The standard InChI is InChI=1S/C5H6N2O3/c1-4-2-6-3-5(7-4)9-10-8/h2-3,8H,1H3. The summed E-state index contributed by atoms with van der Waals surface area (Å²) in [6.07, 6.45) is 2.88. The highest BCUT2D eigenvalue weighted by atomic mass is 17.5. The molecule has 0 radical (unpaired) electrons. The predicted octanol–water partition coefficient (Wildman–Crippen LogP) is 0.568. The van der Waals surface area contributed by atoms with E-state index in [-0.39, 0.29) is 5.88 Å². The molecular weight excluding hydrogens is 136 g/mol. The van der Waals surface area contributed by atoms with Crippen LogP contribution in [0.4, 0.5) is 0 Å². The highest BCUT2D eigenvalue weighted by molar-refractivity contribution is 5.05. The Labute approximate surface area is 57.1 Å². The second-order valence-corrected chi connectivity index (χ2v) is 1.66. The summed E-state index contributed by atoms with van der Waals surface area (Å²) in [5.41, 5.74) is 0.689. The maximum atomic E-state index is 7.82. The fraction of sp³-hybridized carbons (Fsp3) is 0.200. The van der Waals surface area contributed by atoms with Gasteiger partial charge >= 0.3 is 0 Å². The van der Waals surface area contributed by atoms with Gasteiger partial charge in [-0.1, -0.05) is 0 Å². The molecule has 5 nitrogen and oxygen atoms in total. The number of rotatable bonds is 2. The number of aryl methyl sites for hydroxylation is 1. The number of hydrogen-bond acceptors (Lipinski definition) is 5. The van der Waals surface area contributed by atoms with Gasteiger partial charge in [-0.3, -0.25) is 9.87 Å². The van der Waals surface area contributed by atoms with Crippen LogP contribution in [0.15, 0.2) is 12.4 Å². The molecule has 0 aliphatic rings. The molecule has 1 rings (SSSR count). The summed E-state index contributed by atoms with van der Waals surface area (Å²) >= 11 is 0. The Morgan fingerprint density at radius 3 is 2.90 bits per heavy atom. The third-order valence-electron chi connectivity index (χ3n) is 0.856. The first-order chi connectivity index (χ1) is 4.83. The molecule has 0 saturated heterocycles. The van der Waals surface area contributed by atoms with Crippen LogP contribution in [0.1, 0.15) is 5.69 Å². The molecule has 1 heterocycles. The van der Waals surface area contributed by atoms with Gasteiger partial charge in [0.05, 0.1) is 11.9 Å². The van der Waals surface area contributed by atoms with E-state index in [1.165, 1.54) is 6.20 Å². The van der Waals surface area contributed by atoms with Crippen LogP contribution in [-0.2, 0) is 5.04 Å². The Balaban J connectivity index is 2.75. The monoisotopic (exact) mass is 142 g/mol. The van der Waals surface area contributed by atoms with Crippen LogP contribution in [0.5, 0.6) is 5.88 Å². The topological polar surface area (TPSA) is 64.5 Å². The maximum Gasteiger partial charge on any atom is 0.278 e. The van der Waals surface area contributed by atoms with Gasteiger partial charge in [0.15, 0.2) is 0 Å². The second kappa shape index (κ2) is 3.09. The van der Waals surface area contributed by atoms with E-state index >= 15 is 0 Å². The zero-order chi connectivity index (χ0) is 7.40. The third kappa shape index (κ3) is 1.64. The minimum atomic E-state index is 0.127. The number of hydrogen-bond donors (Lipinski definition) is 1. The second-order valence-electron chi connectivity index (χ2n) is 1.66. The van der Waals surface area contributed by atoms with Crippen LogP contribution in [0, 0.1) is 6.92 Å². The molecule has 0 fully saturated rings. The van der Waals surface area contributed by atoms with Gasteiger partial charge in [-0.2, -0.15) is 0 Å². The van der Waals surface area contributed by atoms with Crippen molar-refractivity contribution < 1.29 is 15.2 Å². The van der Waals surface area contributed by atoms with Crippen molar-refractivity contribution in [3.05, 3.63) is 18.1 Å². The summed E-state index contributed by atoms with van der Waals surface area (Å²) in [6, 6.07) is 0. The first-order valence-corrected chi connectivity index (χ1v) is 2.59. The molecule has 0 saturated carbocycles. The smallest absolute Gasteiger partial charge is 0.278 e. The van der Waals surface area contributed by atoms with Gasteiger partial charge in [-0.25, -0.2) is 10.2 Å². The normalized spacial score (nSPS) is 9.40. The van der Waals surface area contributed by atoms with Crippen LogP contribution < -0.4 is 4.89 Å². The molecule has 0 atom stereocenters. The largest absolute Gasteiger partial charge is 0.286 e. The summed E-state index contributed by atoms with van der Waals surface area (Å²) < 4.78 is 0. The zero-order valence-corrected chi connectivity index (χ0v) is 5.31. The van der Waals surface area contributed by atoms with Crippen molar-refractivity contribution in [2.75, 3.05) is 0 Å². The number of aromatic nitrogens is 2. The molecule has 0 spiro atoms. The van der Waals surface area contributed by atoms with E-state index in [2.05, 4.69) is 19.9 Å². The van der Waals surface area contributed by atoms with Gasteiger partial charge in [0.2, 0.25) is 0 Å². The lowest BCUT2D eigenvalue weighted by Crippen LogP contribution is -1.95. The molecule has 0 aromatic carbocycles. The van der Waals surface area contributed by atoms with Crippen LogP contribution in [-0.4, -0.2) is 15.2 Å². The Morgan fingerprint density at radius 2 is 2.30 bits per heavy atom. The van der Waals surface area contributed by atoms with Crippen molar-refractivity contribution in [2.24, 2.45) is 0 Å². The Bertz CT molecular complexity index is 216. The molecule has 0 aliphatic heterocycles. The molecule has 54 valence electrons. The summed E-state index contributed by atoms with van der Waals surface area (Å²) in [7, 11) is 0.